The molecule has 0 radical (unpaired) electrons. The first-order valence-electron chi connectivity index (χ1n) is 11.2. The van der Waals surface area contributed by atoms with Crippen LogP contribution in [0, 0.1) is 0 Å². The molecule has 0 aliphatic rings. The summed E-state index contributed by atoms with van der Waals surface area (Å²) < 4.78 is 48.0. The lowest BCUT2D eigenvalue weighted by molar-refractivity contribution is -0.137. The fourth-order valence-electron chi connectivity index (χ4n) is 3.52. The summed E-state index contributed by atoms with van der Waals surface area (Å²) >= 11 is 0. The SMILES string of the molecule is CC(C)(C)OC(=O)NCCn1cc(-c2ccc3ncc(-c4cnc(N)c(C(F)(F)F)c4)n3n2)ccc1=O. The van der Waals surface area contributed by atoms with Gasteiger partial charge in [0.25, 0.3) is 5.56 Å². The number of hydrogen-bond acceptors (Lipinski definition) is 7. The molecule has 3 N–H and O–H groups in total. The van der Waals surface area contributed by atoms with Crippen molar-refractivity contribution in [2.75, 3.05) is 12.3 Å². The summed E-state index contributed by atoms with van der Waals surface area (Å²) in [6.07, 6.45) is -1.07. The Kier molecular flexibility index (Phi) is 6.63. The van der Waals surface area contributed by atoms with Crippen molar-refractivity contribution >= 4 is 17.6 Å². The first-order valence-corrected chi connectivity index (χ1v) is 11.2. The zero-order valence-electron chi connectivity index (χ0n) is 20.2. The first kappa shape index (κ1) is 25.7. The van der Waals surface area contributed by atoms with Crippen molar-refractivity contribution in [1.29, 1.82) is 0 Å². The molecule has 0 aliphatic heterocycles. The van der Waals surface area contributed by atoms with Gasteiger partial charge in [-0.3, -0.25) is 4.79 Å². The number of nitrogens with two attached hydrogens (primary N) is 1. The van der Waals surface area contributed by atoms with Gasteiger partial charge in [-0.25, -0.2) is 19.3 Å². The Morgan fingerprint density at radius 1 is 1.08 bits per heavy atom. The van der Waals surface area contributed by atoms with E-state index in [2.05, 4.69) is 20.4 Å². The van der Waals surface area contributed by atoms with Gasteiger partial charge in [-0.2, -0.15) is 18.3 Å². The first-order chi connectivity index (χ1) is 17.3. The molecular weight excluding hydrogens is 491 g/mol. The Morgan fingerprint density at radius 3 is 2.54 bits per heavy atom. The number of alkyl carbamates (subject to hydrolysis) is 1. The second-order valence-electron chi connectivity index (χ2n) is 9.16. The molecule has 4 aromatic rings. The molecule has 0 atom stereocenters. The Balaban J connectivity index is 1.62. The van der Waals surface area contributed by atoms with E-state index in [-0.39, 0.29) is 29.9 Å². The second kappa shape index (κ2) is 9.56. The fraction of sp³-hybridized carbons (Fsp3) is 0.292. The van der Waals surface area contributed by atoms with Gasteiger partial charge in [-0.1, -0.05) is 0 Å². The molecule has 1 amide bonds. The maximum Gasteiger partial charge on any atom is 0.419 e. The smallest absolute Gasteiger partial charge is 0.419 e. The number of halogens is 3. The van der Waals surface area contributed by atoms with Crippen LogP contribution in [0.15, 0.2) is 53.7 Å². The monoisotopic (exact) mass is 515 g/mol. The van der Waals surface area contributed by atoms with Crippen LogP contribution < -0.4 is 16.6 Å². The number of rotatable bonds is 5. The molecule has 0 aromatic carbocycles. The Hall–Kier alpha value is -4.42. The van der Waals surface area contributed by atoms with Gasteiger partial charge in [0.05, 0.1) is 23.1 Å². The van der Waals surface area contributed by atoms with Gasteiger partial charge >= 0.3 is 12.3 Å². The Bertz CT molecular complexity index is 1520. The van der Waals surface area contributed by atoms with E-state index in [1.54, 1.807) is 45.2 Å². The van der Waals surface area contributed by atoms with Crippen molar-refractivity contribution < 1.29 is 22.7 Å². The lowest BCUT2D eigenvalue weighted by Gasteiger charge is -2.19. The number of imidazole rings is 1. The highest BCUT2D eigenvalue weighted by molar-refractivity contribution is 5.68. The number of fused-ring (bicyclic) bond motifs is 1. The molecule has 4 heterocycles. The normalized spacial score (nSPS) is 12.1. The van der Waals surface area contributed by atoms with Gasteiger partial charge in [0, 0.05) is 42.7 Å². The van der Waals surface area contributed by atoms with E-state index >= 15 is 0 Å². The predicted molar refractivity (Wildman–Crippen MR) is 130 cm³/mol. The van der Waals surface area contributed by atoms with Gasteiger partial charge in [-0.15, -0.1) is 0 Å². The van der Waals surface area contributed by atoms with E-state index in [1.165, 1.54) is 27.5 Å². The molecule has 4 rings (SSSR count). The standard InChI is InChI=1S/C24H24F3N7O3/c1-23(2,3)37-22(36)29-8-9-33-13-14(4-7-20(33)35)17-5-6-19-30-12-18(34(19)32-17)15-10-16(24(25,26)27)21(28)31-11-15/h4-7,10-13H,8-9H2,1-3H3,(H2,28,31)(H,29,36). The number of anilines is 1. The van der Waals surface area contributed by atoms with Crippen molar-refractivity contribution in [2.24, 2.45) is 0 Å². The number of carbonyl (C=O) groups is 1. The van der Waals surface area contributed by atoms with E-state index in [1.807, 2.05) is 0 Å². The molecule has 13 heteroatoms. The highest BCUT2D eigenvalue weighted by Crippen LogP contribution is 2.35. The summed E-state index contributed by atoms with van der Waals surface area (Å²) in [4.78, 5) is 32.1. The van der Waals surface area contributed by atoms with E-state index in [4.69, 9.17) is 10.5 Å². The van der Waals surface area contributed by atoms with Gasteiger partial charge in [-0.05, 0) is 45.0 Å². The molecule has 0 bridgehead atoms. The van der Waals surface area contributed by atoms with Crippen LogP contribution in [0.3, 0.4) is 0 Å². The van der Waals surface area contributed by atoms with Crippen LogP contribution in [0.1, 0.15) is 26.3 Å². The average Bonchev–Trinajstić information content (AvgIpc) is 3.22. The van der Waals surface area contributed by atoms with E-state index in [9.17, 15) is 22.8 Å². The molecule has 4 aromatic heterocycles. The summed E-state index contributed by atoms with van der Waals surface area (Å²) in [6, 6.07) is 7.18. The molecular formula is C24H24F3N7O3. The zero-order valence-corrected chi connectivity index (χ0v) is 20.2. The lowest BCUT2D eigenvalue weighted by atomic mass is 10.1. The number of alkyl halides is 3. The highest BCUT2D eigenvalue weighted by atomic mass is 19.4. The molecule has 0 unspecified atom stereocenters. The second-order valence-corrected chi connectivity index (χ2v) is 9.16. The van der Waals surface area contributed by atoms with Crippen molar-refractivity contribution in [1.82, 2.24) is 29.5 Å². The Morgan fingerprint density at radius 2 is 1.84 bits per heavy atom. The number of nitrogens with one attached hydrogen (secondary N) is 1. The quantitative estimate of drug-likeness (QED) is 0.414. The highest BCUT2D eigenvalue weighted by Gasteiger charge is 2.34. The van der Waals surface area contributed by atoms with Gasteiger partial charge < -0.3 is 20.4 Å². The van der Waals surface area contributed by atoms with Gasteiger partial charge in [0.2, 0.25) is 0 Å². The third kappa shape index (κ3) is 5.88. The largest absolute Gasteiger partial charge is 0.444 e. The summed E-state index contributed by atoms with van der Waals surface area (Å²) in [5, 5.41) is 7.12. The third-order valence-corrected chi connectivity index (χ3v) is 5.18. The number of ether oxygens (including phenoxy) is 1. The van der Waals surface area contributed by atoms with Crippen LogP contribution in [-0.4, -0.2) is 42.4 Å². The molecule has 0 saturated heterocycles. The van der Waals surface area contributed by atoms with E-state index in [0.29, 0.717) is 16.9 Å². The number of pyridine rings is 2. The maximum absolute atomic E-state index is 13.3. The minimum atomic E-state index is -4.67. The van der Waals surface area contributed by atoms with Crippen LogP contribution in [-0.2, 0) is 17.5 Å². The number of aromatic nitrogens is 5. The lowest BCUT2D eigenvalue weighted by Crippen LogP contribution is -2.35. The van der Waals surface area contributed by atoms with Crippen LogP contribution >= 0.6 is 0 Å². The topological polar surface area (TPSA) is 129 Å². The average molecular weight is 515 g/mol. The minimum absolute atomic E-state index is 0.136. The molecule has 10 nitrogen and oxygen atoms in total. The number of amides is 1. The number of nitrogens with zero attached hydrogens (tertiary/aromatic N) is 5. The fourth-order valence-corrected chi connectivity index (χ4v) is 3.52. The zero-order chi connectivity index (χ0) is 27.0. The van der Waals surface area contributed by atoms with Crippen LogP contribution in [0.2, 0.25) is 0 Å². The van der Waals surface area contributed by atoms with E-state index < -0.39 is 29.3 Å². The Labute approximate surface area is 208 Å². The van der Waals surface area contributed by atoms with Crippen molar-refractivity contribution in [3.8, 4) is 22.5 Å². The van der Waals surface area contributed by atoms with Gasteiger partial charge in [0.1, 0.15) is 11.4 Å². The van der Waals surface area contributed by atoms with E-state index in [0.717, 1.165) is 6.07 Å². The molecule has 37 heavy (non-hydrogen) atoms. The van der Waals surface area contributed by atoms with Crippen molar-refractivity contribution in [3.05, 3.63) is 64.8 Å². The number of hydrogen-bond donors (Lipinski definition) is 2. The molecule has 194 valence electrons. The predicted octanol–water partition coefficient (Wildman–Crippen LogP) is 3.75. The summed E-state index contributed by atoms with van der Waals surface area (Å²) in [5.41, 5.74) is 5.27. The van der Waals surface area contributed by atoms with Crippen molar-refractivity contribution in [2.45, 2.75) is 39.1 Å². The molecule has 0 aliphatic carbocycles. The molecule has 0 spiro atoms. The summed E-state index contributed by atoms with van der Waals surface area (Å²) in [7, 11) is 0. The summed E-state index contributed by atoms with van der Waals surface area (Å²) in [6.45, 7) is 5.57. The number of carbonyl (C=O) groups excluding carboxylic acids is 1. The molecule has 0 fully saturated rings. The van der Waals surface area contributed by atoms with Crippen LogP contribution in [0.25, 0.3) is 28.2 Å². The summed E-state index contributed by atoms with van der Waals surface area (Å²) in [5.74, 6) is -0.623. The number of nitrogen functional groups attached to an aromatic ring is 1. The van der Waals surface area contributed by atoms with Crippen LogP contribution in [0.4, 0.5) is 23.8 Å². The molecule has 0 saturated carbocycles. The minimum Gasteiger partial charge on any atom is -0.444 e. The maximum atomic E-state index is 13.3. The van der Waals surface area contributed by atoms with Crippen LogP contribution in [0.5, 0.6) is 0 Å². The third-order valence-electron chi connectivity index (χ3n) is 5.18. The van der Waals surface area contributed by atoms with Gasteiger partial charge in [0.15, 0.2) is 5.65 Å². The van der Waals surface area contributed by atoms with Crippen molar-refractivity contribution in [3.63, 3.8) is 0 Å².